The fraction of sp³-hybridized carbons (Fsp3) is 0.333. The van der Waals surface area contributed by atoms with Gasteiger partial charge < -0.3 is 15.5 Å². The molecule has 140 valence electrons. The molecule has 3 aromatic rings. The molecule has 1 fully saturated rings. The van der Waals surface area contributed by atoms with Gasteiger partial charge in [-0.25, -0.2) is 24.3 Å². The lowest BCUT2D eigenvalue weighted by Crippen LogP contribution is -2.41. The van der Waals surface area contributed by atoms with Crippen molar-refractivity contribution in [2.45, 2.75) is 18.9 Å². The molecule has 0 spiro atoms. The number of fused-ring (bicyclic) bond motifs is 1. The zero-order valence-corrected chi connectivity index (χ0v) is 15.5. The predicted octanol–water partition coefficient (Wildman–Crippen LogP) is 3.14. The smallest absolute Gasteiger partial charge is 0.226 e. The fourth-order valence-corrected chi connectivity index (χ4v) is 3.35. The third-order valence-electron chi connectivity index (χ3n) is 4.72. The molecule has 1 aliphatic rings. The molecule has 0 aliphatic carbocycles. The van der Waals surface area contributed by atoms with Crippen LogP contribution < -0.4 is 15.5 Å². The average molecular weight is 388 g/mol. The van der Waals surface area contributed by atoms with E-state index >= 15 is 0 Å². The van der Waals surface area contributed by atoms with Crippen LogP contribution in [0.5, 0.6) is 0 Å². The van der Waals surface area contributed by atoms with Crippen LogP contribution in [0.3, 0.4) is 0 Å². The van der Waals surface area contributed by atoms with Gasteiger partial charge in [0.15, 0.2) is 5.82 Å². The standard InChI is InChI=1S/C18H19ClFN7/c1-27(12-4-6-21-7-5-12)18-22-9-15-16(26-18)17(24-10-23-15)25-11-2-3-14(20)13(19)8-11/h2-3,8-10,12,21H,4-7H2,1H3,(H,23,24,25). The zero-order chi connectivity index (χ0) is 18.8. The van der Waals surface area contributed by atoms with Crippen LogP contribution in [-0.2, 0) is 0 Å². The monoisotopic (exact) mass is 387 g/mol. The Bertz CT molecular complexity index is 962. The van der Waals surface area contributed by atoms with Gasteiger partial charge in [0.1, 0.15) is 23.2 Å². The number of halogens is 2. The Morgan fingerprint density at radius 1 is 1.22 bits per heavy atom. The molecule has 1 saturated heterocycles. The molecule has 9 heteroatoms. The summed E-state index contributed by atoms with van der Waals surface area (Å²) in [7, 11) is 2.01. The quantitative estimate of drug-likeness (QED) is 0.711. The van der Waals surface area contributed by atoms with Crippen molar-refractivity contribution in [3.63, 3.8) is 0 Å². The molecule has 2 N–H and O–H groups in total. The van der Waals surface area contributed by atoms with Crippen LogP contribution in [0.2, 0.25) is 5.02 Å². The number of aromatic nitrogens is 4. The first-order valence-corrected chi connectivity index (χ1v) is 9.13. The van der Waals surface area contributed by atoms with E-state index in [4.69, 9.17) is 11.6 Å². The van der Waals surface area contributed by atoms with Gasteiger partial charge in [-0.2, -0.15) is 0 Å². The molecule has 0 bridgehead atoms. The van der Waals surface area contributed by atoms with Crippen molar-refractivity contribution < 1.29 is 4.39 Å². The van der Waals surface area contributed by atoms with E-state index in [0.717, 1.165) is 25.9 Å². The van der Waals surface area contributed by atoms with Gasteiger partial charge in [-0.15, -0.1) is 0 Å². The Morgan fingerprint density at radius 3 is 2.81 bits per heavy atom. The predicted molar refractivity (Wildman–Crippen MR) is 104 cm³/mol. The molecule has 7 nitrogen and oxygen atoms in total. The van der Waals surface area contributed by atoms with E-state index in [1.54, 1.807) is 12.3 Å². The van der Waals surface area contributed by atoms with Crippen molar-refractivity contribution in [1.29, 1.82) is 0 Å². The normalized spacial score (nSPS) is 15.1. The first-order chi connectivity index (χ1) is 13.1. The summed E-state index contributed by atoms with van der Waals surface area (Å²) in [6, 6.07) is 4.80. The highest BCUT2D eigenvalue weighted by Gasteiger charge is 2.20. The molecular formula is C18H19ClFN7. The molecule has 1 aromatic carbocycles. The minimum Gasteiger partial charge on any atom is -0.341 e. The van der Waals surface area contributed by atoms with Crippen molar-refractivity contribution in [2.24, 2.45) is 0 Å². The van der Waals surface area contributed by atoms with Crippen LogP contribution >= 0.6 is 11.6 Å². The number of benzene rings is 1. The molecule has 0 unspecified atom stereocenters. The van der Waals surface area contributed by atoms with Crippen LogP contribution in [0.25, 0.3) is 11.0 Å². The Kier molecular flexibility index (Phi) is 5.00. The highest BCUT2D eigenvalue weighted by Crippen LogP contribution is 2.26. The van der Waals surface area contributed by atoms with Gasteiger partial charge in [-0.3, -0.25) is 0 Å². The number of nitrogens with zero attached hydrogens (tertiary/aromatic N) is 5. The highest BCUT2D eigenvalue weighted by molar-refractivity contribution is 6.31. The number of rotatable bonds is 4. The third kappa shape index (κ3) is 3.77. The Hall–Kier alpha value is -2.58. The second-order valence-electron chi connectivity index (χ2n) is 6.47. The number of anilines is 3. The van der Waals surface area contributed by atoms with Crippen LogP contribution in [0.1, 0.15) is 12.8 Å². The van der Waals surface area contributed by atoms with Gasteiger partial charge in [0.2, 0.25) is 5.95 Å². The van der Waals surface area contributed by atoms with E-state index in [0.29, 0.717) is 34.5 Å². The third-order valence-corrected chi connectivity index (χ3v) is 5.01. The van der Waals surface area contributed by atoms with Crippen LogP contribution in [0.4, 0.5) is 21.8 Å². The van der Waals surface area contributed by atoms with Gasteiger partial charge in [-0.05, 0) is 44.1 Å². The van der Waals surface area contributed by atoms with Crippen molar-refractivity contribution in [3.8, 4) is 0 Å². The maximum absolute atomic E-state index is 13.4. The minimum absolute atomic E-state index is 0.0410. The topological polar surface area (TPSA) is 78.9 Å². The molecule has 2 aromatic heterocycles. The largest absolute Gasteiger partial charge is 0.341 e. The van der Waals surface area contributed by atoms with E-state index in [1.807, 2.05) is 7.05 Å². The van der Waals surface area contributed by atoms with Crippen LogP contribution in [0, 0.1) is 5.82 Å². The van der Waals surface area contributed by atoms with Gasteiger partial charge in [0.25, 0.3) is 0 Å². The summed E-state index contributed by atoms with van der Waals surface area (Å²) in [5.74, 6) is 0.678. The zero-order valence-electron chi connectivity index (χ0n) is 14.8. The number of hydrogen-bond donors (Lipinski definition) is 2. The van der Waals surface area contributed by atoms with E-state index in [9.17, 15) is 4.39 Å². The second kappa shape index (κ2) is 7.58. The van der Waals surface area contributed by atoms with Gasteiger partial charge in [-0.1, -0.05) is 11.6 Å². The summed E-state index contributed by atoms with van der Waals surface area (Å²) in [5, 5.41) is 6.54. The summed E-state index contributed by atoms with van der Waals surface area (Å²) in [6.45, 7) is 1.98. The SMILES string of the molecule is CN(c1ncc2ncnc(Nc3ccc(F)c(Cl)c3)c2n1)C1CCNCC1. The molecular weight excluding hydrogens is 369 g/mol. The number of nitrogens with one attached hydrogen (secondary N) is 2. The first kappa shape index (κ1) is 17.8. The molecule has 4 rings (SSSR count). The van der Waals surface area contributed by atoms with E-state index in [1.165, 1.54) is 18.5 Å². The average Bonchev–Trinajstić information content (AvgIpc) is 2.71. The molecule has 0 radical (unpaired) electrons. The summed E-state index contributed by atoms with van der Waals surface area (Å²) in [4.78, 5) is 19.8. The van der Waals surface area contributed by atoms with Crippen molar-refractivity contribution in [1.82, 2.24) is 25.3 Å². The fourth-order valence-electron chi connectivity index (χ4n) is 3.17. The minimum atomic E-state index is -0.469. The molecule has 3 heterocycles. The molecule has 27 heavy (non-hydrogen) atoms. The Labute approximate surface area is 161 Å². The maximum Gasteiger partial charge on any atom is 0.226 e. The van der Waals surface area contributed by atoms with Gasteiger partial charge >= 0.3 is 0 Å². The van der Waals surface area contributed by atoms with Gasteiger partial charge in [0.05, 0.1) is 11.2 Å². The molecule has 1 aliphatic heterocycles. The van der Waals surface area contributed by atoms with Crippen molar-refractivity contribution in [3.05, 3.63) is 41.6 Å². The summed E-state index contributed by atoms with van der Waals surface area (Å²) < 4.78 is 13.4. The number of piperidine rings is 1. The Balaban J connectivity index is 1.67. The summed E-state index contributed by atoms with van der Waals surface area (Å²) in [6.07, 6.45) is 5.22. The van der Waals surface area contributed by atoms with E-state index in [2.05, 4.69) is 35.5 Å². The first-order valence-electron chi connectivity index (χ1n) is 8.75. The Morgan fingerprint density at radius 2 is 2.04 bits per heavy atom. The number of hydrogen-bond acceptors (Lipinski definition) is 7. The lowest BCUT2D eigenvalue weighted by Gasteiger charge is -2.31. The molecule has 0 amide bonds. The lowest BCUT2D eigenvalue weighted by molar-refractivity contribution is 0.440. The summed E-state index contributed by atoms with van der Waals surface area (Å²) in [5.41, 5.74) is 1.85. The maximum atomic E-state index is 13.4. The highest BCUT2D eigenvalue weighted by atomic mass is 35.5. The van der Waals surface area contributed by atoms with Crippen molar-refractivity contribution >= 4 is 40.1 Å². The van der Waals surface area contributed by atoms with E-state index in [-0.39, 0.29) is 5.02 Å². The van der Waals surface area contributed by atoms with Crippen molar-refractivity contribution in [2.75, 3.05) is 30.4 Å². The lowest BCUT2D eigenvalue weighted by atomic mass is 10.1. The van der Waals surface area contributed by atoms with Crippen LogP contribution in [-0.4, -0.2) is 46.1 Å². The summed E-state index contributed by atoms with van der Waals surface area (Å²) >= 11 is 5.87. The molecule has 0 atom stereocenters. The van der Waals surface area contributed by atoms with Gasteiger partial charge in [0, 0.05) is 18.8 Å². The molecule has 0 saturated carbocycles. The van der Waals surface area contributed by atoms with E-state index < -0.39 is 5.82 Å². The van der Waals surface area contributed by atoms with Crippen LogP contribution in [0.15, 0.2) is 30.7 Å². The second-order valence-corrected chi connectivity index (χ2v) is 6.88.